The fraction of sp³-hybridized carbons (Fsp3) is 0.429. The van der Waals surface area contributed by atoms with Crippen molar-refractivity contribution in [2.75, 3.05) is 6.61 Å². The highest BCUT2D eigenvalue weighted by molar-refractivity contribution is 6.31. The minimum absolute atomic E-state index is 0.000821. The Labute approximate surface area is 170 Å². The monoisotopic (exact) mass is 408 g/mol. The van der Waals surface area contributed by atoms with Gasteiger partial charge in [0.15, 0.2) is 0 Å². The van der Waals surface area contributed by atoms with Gasteiger partial charge >= 0.3 is 0 Å². The van der Waals surface area contributed by atoms with Crippen LogP contribution in [0, 0.1) is 0 Å². The lowest BCUT2D eigenvalue weighted by Gasteiger charge is -2.40. The molecule has 0 bridgehead atoms. The van der Waals surface area contributed by atoms with E-state index in [0.29, 0.717) is 5.56 Å². The van der Waals surface area contributed by atoms with Gasteiger partial charge in [0.25, 0.3) is 0 Å². The molecule has 0 unspecified atom stereocenters. The van der Waals surface area contributed by atoms with Crippen LogP contribution < -0.4 is 0 Å². The Hall–Kier alpha value is -1.67. The van der Waals surface area contributed by atoms with Crippen LogP contribution in [0.5, 0.6) is 5.75 Å². The topological polar surface area (TPSA) is 110 Å². The summed E-state index contributed by atoms with van der Waals surface area (Å²) in [4.78, 5) is 0. The zero-order valence-corrected chi connectivity index (χ0v) is 15.7. The van der Waals surface area contributed by atoms with E-state index in [1.165, 1.54) is 11.6 Å². The maximum absolute atomic E-state index is 10.4. The lowest BCUT2D eigenvalue weighted by Crippen LogP contribution is -2.55. The number of hydrogen-bond acceptors (Lipinski definition) is 6. The fourth-order valence-corrected chi connectivity index (χ4v) is 3.90. The summed E-state index contributed by atoms with van der Waals surface area (Å²) in [6, 6.07) is 7.85. The number of hydrogen-bond donors (Lipinski definition) is 5. The molecule has 0 amide bonds. The SMILES string of the molecule is [2H]C([2H])(c1ccc2c(c1)CC2)c1cc([C@@H]2O[C@H](CO)[C@@H](O)[C@H](O)[C@H]2O)c(O)cc1Cl. The van der Waals surface area contributed by atoms with Gasteiger partial charge in [0.1, 0.15) is 36.3 Å². The van der Waals surface area contributed by atoms with Crippen molar-refractivity contribution in [1.82, 2.24) is 0 Å². The average molecular weight is 409 g/mol. The minimum Gasteiger partial charge on any atom is -0.508 e. The van der Waals surface area contributed by atoms with Crippen molar-refractivity contribution in [3.63, 3.8) is 0 Å². The predicted molar refractivity (Wildman–Crippen MR) is 102 cm³/mol. The summed E-state index contributed by atoms with van der Waals surface area (Å²) in [6.45, 7) is -0.612. The van der Waals surface area contributed by atoms with E-state index < -0.39 is 43.5 Å². The molecule has 4 rings (SSSR count). The van der Waals surface area contributed by atoms with Crippen molar-refractivity contribution in [3.8, 4) is 5.75 Å². The van der Waals surface area contributed by atoms with Crippen molar-refractivity contribution in [1.29, 1.82) is 0 Å². The Balaban J connectivity index is 1.76. The first-order chi connectivity index (χ1) is 14.1. The number of aliphatic hydroxyl groups excluding tert-OH is 4. The number of rotatable bonds is 4. The molecule has 28 heavy (non-hydrogen) atoms. The molecule has 150 valence electrons. The van der Waals surface area contributed by atoms with Crippen LogP contribution in [0.25, 0.3) is 0 Å². The summed E-state index contributed by atoms with van der Waals surface area (Å²) >= 11 is 6.27. The Kier molecular flexibility index (Phi) is 4.69. The standard InChI is InChI=1S/C21H23ClO6/c22-15-8-16(24)14(21-20(27)19(26)18(25)17(9-23)28-21)7-13(15)6-10-1-2-11-3-4-12(11)5-10/h1-2,5,7-8,17-21,23-27H,3-4,6,9H2/t17-,18-,19+,20-,21+/m1/s1/i6D2. The minimum atomic E-state index is -2.00. The first-order valence-electron chi connectivity index (χ1n) is 10.1. The Morgan fingerprint density at radius 2 is 1.79 bits per heavy atom. The Morgan fingerprint density at radius 1 is 1.04 bits per heavy atom. The first-order valence-corrected chi connectivity index (χ1v) is 9.48. The first kappa shape index (κ1) is 17.2. The van der Waals surface area contributed by atoms with Crippen LogP contribution in [0.15, 0.2) is 30.3 Å². The Morgan fingerprint density at radius 3 is 2.43 bits per heavy atom. The molecule has 2 aromatic carbocycles. The maximum atomic E-state index is 10.4. The van der Waals surface area contributed by atoms with E-state index in [2.05, 4.69) is 0 Å². The molecular weight excluding hydrogens is 384 g/mol. The van der Waals surface area contributed by atoms with Crippen LogP contribution in [-0.2, 0) is 24.0 Å². The quantitative estimate of drug-likeness (QED) is 0.521. The molecule has 1 aliphatic carbocycles. The molecule has 0 aromatic heterocycles. The molecule has 0 spiro atoms. The van der Waals surface area contributed by atoms with Gasteiger partial charge in [0.05, 0.1) is 6.61 Å². The number of aromatic hydroxyl groups is 1. The van der Waals surface area contributed by atoms with E-state index in [9.17, 15) is 25.5 Å². The second-order valence-corrected chi connectivity index (χ2v) is 7.66. The summed E-state index contributed by atoms with van der Waals surface area (Å²) < 4.78 is 22.9. The van der Waals surface area contributed by atoms with Crippen molar-refractivity contribution in [2.45, 2.75) is 49.7 Å². The van der Waals surface area contributed by atoms with Gasteiger partial charge in [-0.15, -0.1) is 0 Å². The van der Waals surface area contributed by atoms with Crippen LogP contribution in [0.1, 0.15) is 36.7 Å². The molecule has 1 aliphatic heterocycles. The lowest BCUT2D eigenvalue weighted by atomic mass is 9.86. The largest absolute Gasteiger partial charge is 0.508 e. The number of halogens is 1. The third-order valence-electron chi connectivity index (χ3n) is 5.46. The molecule has 2 aliphatic rings. The van der Waals surface area contributed by atoms with Crippen molar-refractivity contribution >= 4 is 11.6 Å². The highest BCUT2D eigenvalue weighted by atomic mass is 35.5. The third-order valence-corrected chi connectivity index (χ3v) is 5.78. The van der Waals surface area contributed by atoms with Gasteiger partial charge in [0.2, 0.25) is 0 Å². The van der Waals surface area contributed by atoms with Crippen LogP contribution in [-0.4, -0.2) is 56.6 Å². The number of ether oxygens (including phenoxy) is 1. The van der Waals surface area contributed by atoms with E-state index in [4.69, 9.17) is 19.1 Å². The molecule has 6 nitrogen and oxygen atoms in total. The predicted octanol–water partition coefficient (Wildman–Crippen LogP) is 1.25. The second-order valence-electron chi connectivity index (χ2n) is 7.25. The number of phenols is 1. The number of benzene rings is 2. The van der Waals surface area contributed by atoms with E-state index in [-0.39, 0.29) is 21.9 Å². The number of phenolic OH excluding ortho intramolecular Hbond substituents is 1. The molecule has 2 aromatic rings. The molecule has 5 N–H and O–H groups in total. The third kappa shape index (κ3) is 3.41. The molecule has 1 fully saturated rings. The zero-order chi connectivity index (χ0) is 21.8. The highest BCUT2D eigenvalue weighted by Crippen LogP contribution is 2.39. The van der Waals surface area contributed by atoms with E-state index in [0.717, 1.165) is 24.5 Å². The van der Waals surface area contributed by atoms with E-state index in [1.54, 1.807) is 12.1 Å². The molecule has 1 heterocycles. The second kappa shape index (κ2) is 7.63. The van der Waals surface area contributed by atoms with Gasteiger partial charge in [-0.1, -0.05) is 29.8 Å². The summed E-state index contributed by atoms with van der Waals surface area (Å²) in [7, 11) is 0. The molecule has 1 saturated heterocycles. The van der Waals surface area contributed by atoms with Gasteiger partial charge in [0, 0.05) is 13.3 Å². The average Bonchev–Trinajstić information content (AvgIpc) is 2.68. The number of aliphatic hydroxyl groups is 4. The van der Waals surface area contributed by atoms with Crippen LogP contribution >= 0.6 is 11.6 Å². The van der Waals surface area contributed by atoms with Crippen LogP contribution in [0.4, 0.5) is 0 Å². The van der Waals surface area contributed by atoms with Crippen molar-refractivity contribution in [3.05, 3.63) is 63.2 Å². The fourth-order valence-electron chi connectivity index (χ4n) is 3.69. The summed E-state index contributed by atoms with van der Waals surface area (Å²) in [5, 5.41) is 50.3. The molecule has 5 atom stereocenters. The molecular formula is C21H23ClO6. The number of fused-ring (bicyclic) bond motifs is 1. The molecule has 0 radical (unpaired) electrons. The van der Waals surface area contributed by atoms with Crippen molar-refractivity contribution < 1.29 is 33.0 Å². The van der Waals surface area contributed by atoms with E-state index >= 15 is 0 Å². The maximum Gasteiger partial charge on any atom is 0.122 e. The van der Waals surface area contributed by atoms with Gasteiger partial charge in [-0.3, -0.25) is 0 Å². The van der Waals surface area contributed by atoms with E-state index in [1.807, 2.05) is 6.07 Å². The molecule has 7 heteroatoms. The molecule has 0 saturated carbocycles. The van der Waals surface area contributed by atoms with Gasteiger partial charge in [-0.2, -0.15) is 0 Å². The van der Waals surface area contributed by atoms with Gasteiger partial charge < -0.3 is 30.3 Å². The normalized spacial score (nSPS) is 30.8. The van der Waals surface area contributed by atoms with Crippen molar-refractivity contribution in [2.24, 2.45) is 0 Å². The zero-order valence-electron chi connectivity index (χ0n) is 16.9. The van der Waals surface area contributed by atoms with Gasteiger partial charge in [-0.25, -0.2) is 0 Å². The summed E-state index contributed by atoms with van der Waals surface area (Å²) in [5.74, 6) is -0.360. The highest BCUT2D eigenvalue weighted by Gasteiger charge is 2.44. The smallest absolute Gasteiger partial charge is 0.122 e. The summed E-state index contributed by atoms with van der Waals surface area (Å²) in [6.07, 6.45) is -7.37. The summed E-state index contributed by atoms with van der Waals surface area (Å²) in [5.41, 5.74) is 2.74. The van der Waals surface area contributed by atoms with Crippen LogP contribution in [0.2, 0.25) is 5.02 Å². The van der Waals surface area contributed by atoms with Gasteiger partial charge in [-0.05, 0) is 53.6 Å². The number of aryl methyl sites for hydroxylation is 2. The Bertz CT molecular complexity index is 967. The van der Waals surface area contributed by atoms with Crippen LogP contribution in [0.3, 0.4) is 0 Å². The lowest BCUT2D eigenvalue weighted by molar-refractivity contribution is -0.232.